The van der Waals surface area contributed by atoms with Gasteiger partial charge in [0, 0.05) is 31.9 Å². The molecule has 2 amide bonds. The summed E-state index contributed by atoms with van der Waals surface area (Å²) in [5.74, 6) is 0.206. The van der Waals surface area contributed by atoms with Crippen molar-refractivity contribution in [1.29, 1.82) is 0 Å². The SMILES string of the molecule is CN1CCN(C(=O)Cc2ccc(NC(=O)[C@H]3CCCCN3)cc2)CC1. The highest BCUT2D eigenvalue weighted by atomic mass is 16.2. The van der Waals surface area contributed by atoms with Crippen LogP contribution in [0.2, 0.25) is 0 Å². The van der Waals surface area contributed by atoms with Crippen molar-refractivity contribution >= 4 is 17.5 Å². The molecular weight excluding hydrogens is 316 g/mol. The van der Waals surface area contributed by atoms with E-state index in [1.807, 2.05) is 29.2 Å². The van der Waals surface area contributed by atoms with Gasteiger partial charge in [0.05, 0.1) is 12.5 Å². The fraction of sp³-hybridized carbons (Fsp3) is 0.579. The third-order valence-electron chi connectivity index (χ3n) is 5.06. The lowest BCUT2D eigenvalue weighted by molar-refractivity contribution is -0.132. The standard InChI is InChI=1S/C19H28N4O2/c1-22-10-12-23(13-11-22)18(24)14-15-5-7-16(8-6-15)21-19(25)17-4-2-3-9-20-17/h5-8,17,20H,2-4,9-14H2,1H3,(H,21,25)/t17-/m1/s1. The second-order valence-electron chi connectivity index (χ2n) is 7.05. The van der Waals surface area contributed by atoms with Gasteiger partial charge in [-0.25, -0.2) is 0 Å². The van der Waals surface area contributed by atoms with Crippen LogP contribution in [0.1, 0.15) is 24.8 Å². The van der Waals surface area contributed by atoms with Gasteiger partial charge in [-0.05, 0) is 44.1 Å². The Bertz CT molecular complexity index is 588. The predicted octanol–water partition coefficient (Wildman–Crippen LogP) is 1.08. The zero-order chi connectivity index (χ0) is 17.6. The summed E-state index contributed by atoms with van der Waals surface area (Å²) in [6.07, 6.45) is 3.55. The highest BCUT2D eigenvalue weighted by molar-refractivity contribution is 5.94. The third-order valence-corrected chi connectivity index (χ3v) is 5.06. The highest BCUT2D eigenvalue weighted by Gasteiger charge is 2.21. The molecule has 1 aromatic carbocycles. The Morgan fingerprint density at radius 3 is 2.48 bits per heavy atom. The number of piperidine rings is 1. The van der Waals surface area contributed by atoms with E-state index in [4.69, 9.17) is 0 Å². The lowest BCUT2D eigenvalue weighted by atomic mass is 10.0. The maximum atomic E-state index is 12.4. The summed E-state index contributed by atoms with van der Waals surface area (Å²) in [4.78, 5) is 28.8. The van der Waals surface area contributed by atoms with Crippen molar-refractivity contribution in [1.82, 2.24) is 15.1 Å². The number of nitrogens with one attached hydrogen (secondary N) is 2. The maximum Gasteiger partial charge on any atom is 0.241 e. The van der Waals surface area contributed by atoms with E-state index < -0.39 is 0 Å². The van der Waals surface area contributed by atoms with Crippen LogP contribution >= 0.6 is 0 Å². The van der Waals surface area contributed by atoms with E-state index in [1.54, 1.807) is 0 Å². The first kappa shape index (κ1) is 17.9. The van der Waals surface area contributed by atoms with Gasteiger partial charge in [0.2, 0.25) is 11.8 Å². The zero-order valence-electron chi connectivity index (χ0n) is 15.0. The first-order valence-electron chi connectivity index (χ1n) is 9.21. The molecule has 6 heteroatoms. The summed E-state index contributed by atoms with van der Waals surface area (Å²) in [5, 5.41) is 6.21. The molecule has 0 aliphatic carbocycles. The van der Waals surface area contributed by atoms with Crippen molar-refractivity contribution < 1.29 is 9.59 Å². The monoisotopic (exact) mass is 344 g/mol. The number of carbonyl (C=O) groups is 2. The molecule has 6 nitrogen and oxygen atoms in total. The highest BCUT2D eigenvalue weighted by Crippen LogP contribution is 2.14. The molecule has 2 N–H and O–H groups in total. The molecule has 0 radical (unpaired) electrons. The van der Waals surface area contributed by atoms with Crippen molar-refractivity contribution in [2.75, 3.05) is 45.1 Å². The van der Waals surface area contributed by atoms with Crippen molar-refractivity contribution in [3.8, 4) is 0 Å². The number of nitrogens with zero attached hydrogens (tertiary/aromatic N) is 2. The summed E-state index contributed by atoms with van der Waals surface area (Å²) >= 11 is 0. The van der Waals surface area contributed by atoms with Gasteiger partial charge in [0.15, 0.2) is 0 Å². The number of rotatable bonds is 4. The van der Waals surface area contributed by atoms with E-state index in [0.717, 1.165) is 63.2 Å². The van der Waals surface area contributed by atoms with Crippen LogP contribution in [-0.2, 0) is 16.0 Å². The number of hydrogen-bond donors (Lipinski definition) is 2. The molecule has 1 aromatic rings. The van der Waals surface area contributed by atoms with E-state index in [-0.39, 0.29) is 17.9 Å². The van der Waals surface area contributed by atoms with Crippen LogP contribution in [0.4, 0.5) is 5.69 Å². The molecule has 0 unspecified atom stereocenters. The van der Waals surface area contributed by atoms with Crippen molar-refractivity contribution in [2.45, 2.75) is 31.7 Å². The van der Waals surface area contributed by atoms with Gasteiger partial charge in [-0.2, -0.15) is 0 Å². The number of hydrogen-bond acceptors (Lipinski definition) is 4. The smallest absolute Gasteiger partial charge is 0.241 e. The van der Waals surface area contributed by atoms with Gasteiger partial charge < -0.3 is 20.4 Å². The van der Waals surface area contributed by atoms with E-state index in [1.165, 1.54) is 0 Å². The molecule has 1 atom stereocenters. The Hall–Kier alpha value is -1.92. The van der Waals surface area contributed by atoms with Gasteiger partial charge in [0.25, 0.3) is 0 Å². The number of anilines is 1. The summed E-state index contributed by atoms with van der Waals surface area (Å²) in [5.41, 5.74) is 1.77. The summed E-state index contributed by atoms with van der Waals surface area (Å²) in [7, 11) is 2.08. The van der Waals surface area contributed by atoms with Crippen LogP contribution in [0.3, 0.4) is 0 Å². The van der Waals surface area contributed by atoms with Crippen LogP contribution in [0.5, 0.6) is 0 Å². The average molecular weight is 344 g/mol. The number of benzene rings is 1. The minimum Gasteiger partial charge on any atom is -0.340 e. The molecule has 2 heterocycles. The van der Waals surface area contributed by atoms with Crippen molar-refractivity contribution in [2.24, 2.45) is 0 Å². The molecule has 2 aliphatic rings. The Balaban J connectivity index is 1.49. The lowest BCUT2D eigenvalue weighted by Crippen LogP contribution is -2.47. The van der Waals surface area contributed by atoms with Crippen LogP contribution in [0.15, 0.2) is 24.3 Å². The largest absolute Gasteiger partial charge is 0.340 e. The van der Waals surface area contributed by atoms with Crippen LogP contribution in [0, 0.1) is 0 Å². The molecule has 25 heavy (non-hydrogen) atoms. The second-order valence-corrected chi connectivity index (χ2v) is 7.05. The third kappa shape index (κ3) is 5.03. The van der Waals surface area contributed by atoms with Crippen molar-refractivity contribution in [3.63, 3.8) is 0 Å². The number of amides is 2. The van der Waals surface area contributed by atoms with E-state index >= 15 is 0 Å². The fourth-order valence-electron chi connectivity index (χ4n) is 3.35. The van der Waals surface area contributed by atoms with Gasteiger partial charge in [0.1, 0.15) is 0 Å². The average Bonchev–Trinajstić information content (AvgIpc) is 2.64. The molecule has 3 rings (SSSR count). The normalized spacial score (nSPS) is 21.8. The summed E-state index contributed by atoms with van der Waals surface area (Å²) < 4.78 is 0. The molecule has 2 aliphatic heterocycles. The Morgan fingerprint density at radius 1 is 1.12 bits per heavy atom. The predicted molar refractivity (Wildman–Crippen MR) is 98.5 cm³/mol. The van der Waals surface area contributed by atoms with Crippen molar-refractivity contribution in [3.05, 3.63) is 29.8 Å². The molecule has 0 aromatic heterocycles. The number of carbonyl (C=O) groups excluding carboxylic acids is 2. The fourth-order valence-corrected chi connectivity index (χ4v) is 3.35. The molecule has 136 valence electrons. The Kier molecular flexibility index (Phi) is 6.04. The Morgan fingerprint density at radius 2 is 1.84 bits per heavy atom. The molecular formula is C19H28N4O2. The van der Waals surface area contributed by atoms with Gasteiger partial charge in [-0.1, -0.05) is 18.6 Å². The maximum absolute atomic E-state index is 12.4. The van der Waals surface area contributed by atoms with Crippen LogP contribution in [-0.4, -0.2) is 67.4 Å². The van der Waals surface area contributed by atoms with Gasteiger partial charge in [-0.3, -0.25) is 9.59 Å². The van der Waals surface area contributed by atoms with E-state index in [2.05, 4.69) is 22.6 Å². The summed E-state index contributed by atoms with van der Waals surface area (Å²) in [6, 6.07) is 7.53. The van der Waals surface area contributed by atoms with E-state index in [0.29, 0.717) is 6.42 Å². The lowest BCUT2D eigenvalue weighted by Gasteiger charge is -2.32. The summed E-state index contributed by atoms with van der Waals surface area (Å²) in [6.45, 7) is 4.39. The van der Waals surface area contributed by atoms with Gasteiger partial charge >= 0.3 is 0 Å². The molecule has 0 bridgehead atoms. The first-order chi connectivity index (χ1) is 12.1. The minimum absolute atomic E-state index is 0.0287. The quantitative estimate of drug-likeness (QED) is 0.858. The zero-order valence-corrected chi connectivity index (χ0v) is 15.0. The minimum atomic E-state index is -0.0905. The molecule has 2 fully saturated rings. The Labute approximate surface area is 149 Å². The molecule has 0 spiro atoms. The molecule has 2 saturated heterocycles. The second kappa shape index (κ2) is 8.45. The molecule has 0 saturated carbocycles. The first-order valence-corrected chi connectivity index (χ1v) is 9.21. The van der Waals surface area contributed by atoms with E-state index in [9.17, 15) is 9.59 Å². The number of likely N-dealkylation sites (N-methyl/N-ethyl adjacent to an activating group) is 1. The van der Waals surface area contributed by atoms with Crippen LogP contribution in [0.25, 0.3) is 0 Å². The van der Waals surface area contributed by atoms with Gasteiger partial charge in [-0.15, -0.1) is 0 Å². The topological polar surface area (TPSA) is 64.7 Å². The van der Waals surface area contributed by atoms with Crippen LogP contribution < -0.4 is 10.6 Å². The number of piperazine rings is 1.